The quantitative estimate of drug-likeness (QED) is 0.793. The molecule has 1 spiro atoms. The van der Waals surface area contributed by atoms with Gasteiger partial charge in [0, 0.05) is 7.05 Å². The SMILES string of the molecule is Cn1cnc(CN2C(=O)NC(=O)C3(CCCCC3)C2=O)n1. The first-order valence-corrected chi connectivity index (χ1v) is 7.05. The molecule has 8 heteroatoms. The van der Waals surface area contributed by atoms with Crippen LogP contribution in [0.2, 0.25) is 0 Å². The Morgan fingerprint density at radius 2 is 1.95 bits per heavy atom. The summed E-state index contributed by atoms with van der Waals surface area (Å²) in [5.74, 6) is -0.493. The van der Waals surface area contributed by atoms with Crippen molar-refractivity contribution in [2.24, 2.45) is 12.5 Å². The predicted molar refractivity (Wildman–Crippen MR) is 70.6 cm³/mol. The van der Waals surface area contributed by atoms with E-state index < -0.39 is 23.3 Å². The van der Waals surface area contributed by atoms with Gasteiger partial charge in [0.25, 0.3) is 0 Å². The van der Waals surface area contributed by atoms with Crippen LogP contribution in [0.25, 0.3) is 0 Å². The molecular formula is C13H17N5O3. The monoisotopic (exact) mass is 291 g/mol. The molecule has 1 saturated carbocycles. The molecule has 2 heterocycles. The summed E-state index contributed by atoms with van der Waals surface area (Å²) in [5, 5.41) is 6.39. The number of carbonyl (C=O) groups excluding carboxylic acids is 3. The lowest BCUT2D eigenvalue weighted by Gasteiger charge is -2.40. The van der Waals surface area contributed by atoms with Gasteiger partial charge >= 0.3 is 6.03 Å². The number of aryl methyl sites for hydroxylation is 1. The fourth-order valence-corrected chi connectivity index (χ4v) is 3.07. The number of nitrogens with zero attached hydrogens (tertiary/aromatic N) is 4. The summed E-state index contributed by atoms with van der Waals surface area (Å²) >= 11 is 0. The second-order valence-corrected chi connectivity index (χ2v) is 5.63. The minimum absolute atomic E-state index is 0.0134. The Labute approximate surface area is 121 Å². The third-order valence-corrected chi connectivity index (χ3v) is 4.21. The number of urea groups is 1. The van der Waals surface area contributed by atoms with Crippen molar-refractivity contribution in [2.75, 3.05) is 0 Å². The smallest absolute Gasteiger partial charge is 0.277 e. The number of nitrogens with one attached hydrogen (secondary N) is 1. The van der Waals surface area contributed by atoms with Gasteiger partial charge in [0.2, 0.25) is 11.8 Å². The van der Waals surface area contributed by atoms with Gasteiger partial charge in [0.05, 0.1) is 6.54 Å². The maximum Gasteiger partial charge on any atom is 0.331 e. The molecule has 8 nitrogen and oxygen atoms in total. The minimum Gasteiger partial charge on any atom is -0.277 e. The van der Waals surface area contributed by atoms with Crippen LogP contribution in [0, 0.1) is 5.41 Å². The Morgan fingerprint density at radius 3 is 2.57 bits per heavy atom. The summed E-state index contributed by atoms with van der Waals surface area (Å²) in [6.07, 6.45) is 5.15. The maximum absolute atomic E-state index is 12.7. The summed E-state index contributed by atoms with van der Waals surface area (Å²) in [6, 6.07) is -0.686. The third-order valence-electron chi connectivity index (χ3n) is 4.21. The van der Waals surface area contributed by atoms with E-state index in [4.69, 9.17) is 0 Å². The highest BCUT2D eigenvalue weighted by Crippen LogP contribution is 2.40. The summed E-state index contributed by atoms with van der Waals surface area (Å²) in [5.41, 5.74) is -1.08. The molecule has 1 aliphatic heterocycles. The second-order valence-electron chi connectivity index (χ2n) is 5.63. The van der Waals surface area contributed by atoms with E-state index in [1.165, 1.54) is 11.0 Å². The third kappa shape index (κ3) is 2.20. The molecule has 2 fully saturated rings. The van der Waals surface area contributed by atoms with Gasteiger partial charge in [0.15, 0.2) is 5.82 Å². The lowest BCUT2D eigenvalue weighted by atomic mass is 9.71. The number of imide groups is 2. The van der Waals surface area contributed by atoms with E-state index in [9.17, 15) is 14.4 Å². The molecular weight excluding hydrogens is 274 g/mol. The largest absolute Gasteiger partial charge is 0.331 e. The van der Waals surface area contributed by atoms with Crippen LogP contribution >= 0.6 is 0 Å². The zero-order valence-electron chi connectivity index (χ0n) is 11.8. The highest BCUT2D eigenvalue weighted by molar-refractivity contribution is 6.19. The van der Waals surface area contributed by atoms with Crippen LogP contribution < -0.4 is 5.32 Å². The molecule has 1 N–H and O–H groups in total. The number of amides is 4. The molecule has 0 radical (unpaired) electrons. The summed E-state index contributed by atoms with van der Waals surface area (Å²) in [7, 11) is 1.71. The van der Waals surface area contributed by atoms with E-state index in [0.717, 1.165) is 24.2 Å². The Bertz CT molecular complexity index is 603. The highest BCUT2D eigenvalue weighted by Gasteiger charge is 2.53. The molecule has 1 aromatic rings. The molecule has 0 unspecified atom stereocenters. The van der Waals surface area contributed by atoms with Crippen molar-refractivity contribution in [3.05, 3.63) is 12.2 Å². The van der Waals surface area contributed by atoms with Crippen LogP contribution in [-0.2, 0) is 23.2 Å². The van der Waals surface area contributed by atoms with E-state index in [1.54, 1.807) is 7.05 Å². The van der Waals surface area contributed by atoms with Crippen LogP contribution in [0.5, 0.6) is 0 Å². The van der Waals surface area contributed by atoms with Crippen LogP contribution in [0.3, 0.4) is 0 Å². The van der Waals surface area contributed by atoms with Crippen molar-refractivity contribution in [3.63, 3.8) is 0 Å². The maximum atomic E-state index is 12.7. The topological polar surface area (TPSA) is 97.2 Å². The molecule has 0 bridgehead atoms. The van der Waals surface area contributed by atoms with E-state index in [1.807, 2.05) is 0 Å². The van der Waals surface area contributed by atoms with Crippen molar-refractivity contribution in [1.29, 1.82) is 0 Å². The molecule has 0 aromatic carbocycles. The fraction of sp³-hybridized carbons (Fsp3) is 0.615. The Morgan fingerprint density at radius 1 is 1.24 bits per heavy atom. The second kappa shape index (κ2) is 4.94. The first-order chi connectivity index (χ1) is 10.0. The number of aromatic nitrogens is 3. The number of hydrogen-bond acceptors (Lipinski definition) is 5. The van der Waals surface area contributed by atoms with Gasteiger partial charge in [0.1, 0.15) is 11.7 Å². The zero-order chi connectivity index (χ0) is 15.0. The number of barbiturate groups is 1. The average molecular weight is 291 g/mol. The number of carbonyl (C=O) groups is 3. The van der Waals surface area contributed by atoms with E-state index in [0.29, 0.717) is 18.7 Å². The van der Waals surface area contributed by atoms with Gasteiger partial charge in [-0.25, -0.2) is 9.78 Å². The zero-order valence-corrected chi connectivity index (χ0v) is 11.8. The Hall–Kier alpha value is -2.25. The molecule has 112 valence electrons. The van der Waals surface area contributed by atoms with Crippen LogP contribution in [-0.4, -0.2) is 37.5 Å². The van der Waals surface area contributed by atoms with Crippen molar-refractivity contribution in [3.8, 4) is 0 Å². The van der Waals surface area contributed by atoms with Crippen molar-refractivity contribution in [2.45, 2.75) is 38.6 Å². The standard InChI is InChI=1S/C13H17N5O3/c1-17-8-14-9(16-17)7-18-11(20)13(5-3-2-4-6-13)10(19)15-12(18)21/h8H,2-7H2,1H3,(H,15,19,21). The van der Waals surface area contributed by atoms with Crippen molar-refractivity contribution < 1.29 is 14.4 Å². The van der Waals surface area contributed by atoms with E-state index >= 15 is 0 Å². The van der Waals surface area contributed by atoms with Gasteiger partial charge in [-0.2, -0.15) is 5.10 Å². The van der Waals surface area contributed by atoms with Gasteiger partial charge in [-0.15, -0.1) is 0 Å². The minimum atomic E-state index is -1.08. The van der Waals surface area contributed by atoms with Gasteiger partial charge < -0.3 is 0 Å². The average Bonchev–Trinajstić information content (AvgIpc) is 2.88. The van der Waals surface area contributed by atoms with Crippen molar-refractivity contribution >= 4 is 17.8 Å². The lowest BCUT2D eigenvalue weighted by molar-refractivity contribution is -0.154. The lowest BCUT2D eigenvalue weighted by Crippen LogP contribution is -2.64. The van der Waals surface area contributed by atoms with E-state index in [-0.39, 0.29) is 6.54 Å². The highest BCUT2D eigenvalue weighted by atomic mass is 16.2. The van der Waals surface area contributed by atoms with Crippen LogP contribution in [0.4, 0.5) is 4.79 Å². The summed E-state index contributed by atoms with van der Waals surface area (Å²) in [4.78, 5) is 41.9. The molecule has 3 rings (SSSR count). The van der Waals surface area contributed by atoms with Gasteiger partial charge in [-0.1, -0.05) is 19.3 Å². The molecule has 2 aliphatic rings. The molecule has 0 atom stereocenters. The number of hydrogen-bond donors (Lipinski definition) is 1. The van der Waals surface area contributed by atoms with Crippen molar-refractivity contribution in [1.82, 2.24) is 25.0 Å². The normalized spacial score (nSPS) is 21.8. The first kappa shape index (κ1) is 13.7. The summed E-state index contributed by atoms with van der Waals surface area (Å²) < 4.78 is 1.50. The molecule has 1 aromatic heterocycles. The van der Waals surface area contributed by atoms with E-state index in [2.05, 4.69) is 15.4 Å². The molecule has 1 saturated heterocycles. The Kier molecular flexibility index (Phi) is 3.23. The van der Waals surface area contributed by atoms with Crippen LogP contribution in [0.15, 0.2) is 6.33 Å². The van der Waals surface area contributed by atoms with Gasteiger partial charge in [-0.3, -0.25) is 24.5 Å². The number of rotatable bonds is 2. The first-order valence-electron chi connectivity index (χ1n) is 7.05. The fourth-order valence-electron chi connectivity index (χ4n) is 3.07. The van der Waals surface area contributed by atoms with Crippen LogP contribution in [0.1, 0.15) is 37.9 Å². The predicted octanol–water partition coefficient (Wildman–Crippen LogP) is 0.344. The molecule has 4 amide bonds. The summed E-state index contributed by atoms with van der Waals surface area (Å²) in [6.45, 7) is -0.0134. The molecule has 21 heavy (non-hydrogen) atoms. The Balaban J connectivity index is 1.87. The van der Waals surface area contributed by atoms with Gasteiger partial charge in [-0.05, 0) is 12.8 Å². The molecule has 1 aliphatic carbocycles.